The lowest BCUT2D eigenvalue weighted by atomic mass is 10.1. The Morgan fingerprint density at radius 1 is 1.44 bits per heavy atom. The Balaban J connectivity index is 3.23. The predicted octanol–water partition coefficient (Wildman–Crippen LogP) is 3.04. The largest absolute Gasteiger partial charge is 0.417 e. The number of nitrogens with one attached hydrogen (secondary N) is 1. The molecular formula is C9H5F3N2OS. The van der Waals surface area contributed by atoms with E-state index in [0.29, 0.717) is 6.07 Å². The third-order valence-electron chi connectivity index (χ3n) is 1.70. The first-order valence-corrected chi connectivity index (χ1v) is 4.40. The number of nitrogens with zero attached hydrogens (tertiary/aromatic N) is 1. The molecule has 0 aromatic heterocycles. The summed E-state index contributed by atoms with van der Waals surface area (Å²) in [5, 5.41) is 9.81. The average molecular weight is 246 g/mol. The first-order valence-electron chi connectivity index (χ1n) is 3.96. The van der Waals surface area contributed by atoms with Gasteiger partial charge < -0.3 is 5.32 Å². The summed E-state index contributed by atoms with van der Waals surface area (Å²) in [5.74, 6) is 0. The summed E-state index contributed by atoms with van der Waals surface area (Å²) in [7, 11) is 0. The minimum atomic E-state index is -4.64. The molecule has 1 rings (SSSR count). The maximum Gasteiger partial charge on any atom is 0.417 e. The van der Waals surface area contributed by atoms with Crippen molar-refractivity contribution in [2.24, 2.45) is 0 Å². The molecule has 16 heavy (non-hydrogen) atoms. The van der Waals surface area contributed by atoms with E-state index >= 15 is 0 Å². The van der Waals surface area contributed by atoms with Crippen molar-refractivity contribution in [3.63, 3.8) is 0 Å². The molecule has 0 bridgehead atoms. The van der Waals surface area contributed by atoms with Crippen LogP contribution in [0.25, 0.3) is 0 Å². The highest BCUT2D eigenvalue weighted by Crippen LogP contribution is 2.33. The summed E-state index contributed by atoms with van der Waals surface area (Å²) in [4.78, 5) is 10.5. The molecule has 0 aliphatic heterocycles. The van der Waals surface area contributed by atoms with Crippen molar-refractivity contribution in [2.75, 3.05) is 5.32 Å². The van der Waals surface area contributed by atoms with E-state index in [1.54, 1.807) is 0 Å². The van der Waals surface area contributed by atoms with Crippen molar-refractivity contribution in [1.82, 2.24) is 0 Å². The van der Waals surface area contributed by atoms with Crippen molar-refractivity contribution in [3.05, 3.63) is 29.3 Å². The highest BCUT2D eigenvalue weighted by Gasteiger charge is 2.33. The van der Waals surface area contributed by atoms with Crippen LogP contribution in [0.5, 0.6) is 0 Å². The van der Waals surface area contributed by atoms with Gasteiger partial charge in [0.2, 0.25) is 0 Å². The molecular weight excluding hydrogens is 241 g/mol. The van der Waals surface area contributed by atoms with Gasteiger partial charge in [0.15, 0.2) is 0 Å². The summed E-state index contributed by atoms with van der Waals surface area (Å²) in [6, 6.07) is 4.30. The van der Waals surface area contributed by atoms with Gasteiger partial charge in [-0.25, -0.2) is 0 Å². The minimum Gasteiger partial charge on any atom is -0.317 e. The van der Waals surface area contributed by atoms with Gasteiger partial charge in [-0.2, -0.15) is 18.4 Å². The summed E-state index contributed by atoms with van der Waals surface area (Å²) >= 11 is 3.37. The molecule has 0 saturated heterocycles. The summed E-state index contributed by atoms with van der Waals surface area (Å²) < 4.78 is 37.4. The molecule has 1 aromatic carbocycles. The zero-order chi connectivity index (χ0) is 12.3. The van der Waals surface area contributed by atoms with E-state index in [-0.39, 0.29) is 5.69 Å². The predicted molar refractivity (Wildman–Crippen MR) is 54.2 cm³/mol. The van der Waals surface area contributed by atoms with Crippen molar-refractivity contribution in [2.45, 2.75) is 6.18 Å². The molecule has 7 heteroatoms. The lowest BCUT2D eigenvalue weighted by Crippen LogP contribution is -2.10. The maximum atomic E-state index is 12.5. The van der Waals surface area contributed by atoms with Crippen molar-refractivity contribution in [3.8, 4) is 6.07 Å². The van der Waals surface area contributed by atoms with Gasteiger partial charge in [-0.3, -0.25) is 4.79 Å². The van der Waals surface area contributed by atoms with E-state index in [0.717, 1.165) is 6.07 Å². The number of hydrogen-bond donors (Lipinski definition) is 2. The molecule has 84 valence electrons. The van der Waals surface area contributed by atoms with Crippen molar-refractivity contribution < 1.29 is 18.0 Å². The zero-order valence-corrected chi connectivity index (χ0v) is 8.56. The summed E-state index contributed by atoms with van der Waals surface area (Å²) in [5.41, 5.74) is -1.65. The number of anilines is 1. The van der Waals surface area contributed by atoms with Crippen LogP contribution in [0.3, 0.4) is 0 Å². The Morgan fingerprint density at radius 3 is 2.50 bits per heavy atom. The molecule has 0 heterocycles. The van der Waals surface area contributed by atoms with E-state index in [9.17, 15) is 18.0 Å². The SMILES string of the molecule is N#Cc1ccc(NC(=O)S)cc1C(F)(F)F. The molecule has 3 nitrogen and oxygen atoms in total. The van der Waals surface area contributed by atoms with Gasteiger partial charge in [0.25, 0.3) is 5.24 Å². The number of halogens is 3. The molecule has 1 amide bonds. The molecule has 1 N–H and O–H groups in total. The maximum absolute atomic E-state index is 12.5. The van der Waals surface area contributed by atoms with Crippen LogP contribution in [0.2, 0.25) is 0 Å². The Kier molecular flexibility index (Phi) is 3.44. The van der Waals surface area contributed by atoms with Gasteiger partial charge in [0.05, 0.1) is 17.2 Å². The number of benzene rings is 1. The number of alkyl halides is 3. The molecule has 0 fully saturated rings. The fraction of sp³-hybridized carbons (Fsp3) is 0.111. The topological polar surface area (TPSA) is 52.9 Å². The first kappa shape index (κ1) is 12.4. The molecule has 0 aliphatic rings. The van der Waals surface area contributed by atoms with Crippen LogP contribution < -0.4 is 5.32 Å². The van der Waals surface area contributed by atoms with Crippen molar-refractivity contribution in [1.29, 1.82) is 5.26 Å². The third kappa shape index (κ3) is 2.90. The number of carbonyl (C=O) groups excluding carboxylic acids is 1. The lowest BCUT2D eigenvalue weighted by molar-refractivity contribution is -0.137. The normalized spacial score (nSPS) is 10.7. The fourth-order valence-electron chi connectivity index (χ4n) is 1.08. The number of carbonyl (C=O) groups is 1. The van der Waals surface area contributed by atoms with Gasteiger partial charge >= 0.3 is 6.18 Å². The number of thiol groups is 1. The second-order valence-corrected chi connectivity index (χ2v) is 3.21. The van der Waals surface area contributed by atoms with Crippen LogP contribution in [0.4, 0.5) is 23.7 Å². The van der Waals surface area contributed by atoms with E-state index in [4.69, 9.17) is 5.26 Å². The second kappa shape index (κ2) is 4.45. The number of hydrogen-bond acceptors (Lipinski definition) is 2. The zero-order valence-electron chi connectivity index (χ0n) is 7.67. The molecule has 0 atom stereocenters. The quantitative estimate of drug-likeness (QED) is 0.748. The van der Waals surface area contributed by atoms with Crippen LogP contribution in [-0.4, -0.2) is 5.24 Å². The Morgan fingerprint density at radius 2 is 2.06 bits per heavy atom. The number of nitriles is 1. The van der Waals surface area contributed by atoms with Crippen LogP contribution in [0.15, 0.2) is 18.2 Å². The van der Waals surface area contributed by atoms with E-state index < -0.39 is 22.5 Å². The molecule has 1 aromatic rings. The Bertz CT molecular complexity index is 465. The van der Waals surface area contributed by atoms with Gasteiger partial charge in [-0.05, 0) is 18.2 Å². The average Bonchev–Trinajstić information content (AvgIpc) is 2.15. The van der Waals surface area contributed by atoms with E-state index in [1.807, 2.05) is 0 Å². The van der Waals surface area contributed by atoms with Gasteiger partial charge in [0, 0.05) is 5.69 Å². The van der Waals surface area contributed by atoms with Crippen LogP contribution in [0, 0.1) is 11.3 Å². The fourth-order valence-corrected chi connectivity index (χ4v) is 1.21. The first-order chi connectivity index (χ1) is 7.34. The summed E-state index contributed by atoms with van der Waals surface area (Å²) in [6.07, 6.45) is -4.64. The second-order valence-electron chi connectivity index (χ2n) is 2.80. The van der Waals surface area contributed by atoms with Gasteiger partial charge in [-0.1, -0.05) is 12.6 Å². The number of amides is 1. The van der Waals surface area contributed by atoms with Gasteiger partial charge in [0.1, 0.15) is 0 Å². The van der Waals surface area contributed by atoms with Gasteiger partial charge in [-0.15, -0.1) is 0 Å². The number of rotatable bonds is 1. The highest BCUT2D eigenvalue weighted by atomic mass is 32.1. The Labute approximate surface area is 94.3 Å². The van der Waals surface area contributed by atoms with Crippen LogP contribution >= 0.6 is 12.6 Å². The smallest absolute Gasteiger partial charge is 0.317 e. The molecule has 0 unspecified atom stereocenters. The third-order valence-corrected chi connectivity index (χ3v) is 1.81. The Hall–Kier alpha value is -1.68. The standard InChI is InChI=1S/C9H5F3N2OS/c10-9(11,12)7-3-6(14-8(15)16)2-1-5(7)4-13/h1-3H,(H2,14,15,16). The van der Waals surface area contributed by atoms with Crippen molar-refractivity contribution >= 4 is 23.6 Å². The lowest BCUT2D eigenvalue weighted by Gasteiger charge is -2.10. The monoisotopic (exact) mass is 246 g/mol. The van der Waals surface area contributed by atoms with Crippen LogP contribution in [0.1, 0.15) is 11.1 Å². The summed E-state index contributed by atoms with van der Waals surface area (Å²) in [6.45, 7) is 0. The minimum absolute atomic E-state index is 0.0636. The van der Waals surface area contributed by atoms with Crippen LogP contribution in [-0.2, 0) is 6.18 Å². The molecule has 0 radical (unpaired) electrons. The molecule has 0 spiro atoms. The van der Waals surface area contributed by atoms with E-state index in [1.165, 1.54) is 12.1 Å². The molecule has 0 saturated carbocycles. The van der Waals surface area contributed by atoms with E-state index in [2.05, 4.69) is 17.9 Å². The highest BCUT2D eigenvalue weighted by molar-refractivity contribution is 7.96. The molecule has 0 aliphatic carbocycles.